The average Bonchev–Trinajstić information content (AvgIpc) is 3.16. The molecule has 152 valence electrons. The predicted molar refractivity (Wildman–Crippen MR) is 116 cm³/mol. The zero-order valence-corrected chi connectivity index (χ0v) is 18.6. The van der Waals surface area contributed by atoms with Crippen molar-refractivity contribution in [2.75, 3.05) is 31.1 Å². The number of nitrogens with zero attached hydrogens (tertiary/aromatic N) is 6. The molecule has 7 nitrogen and oxygen atoms in total. The van der Waals surface area contributed by atoms with Gasteiger partial charge in [-0.05, 0) is 19.1 Å². The fraction of sp³-hybridized carbons (Fsp3) is 0.429. The molecule has 1 fully saturated rings. The van der Waals surface area contributed by atoms with Crippen LogP contribution in [0.3, 0.4) is 0 Å². The molecule has 0 radical (unpaired) electrons. The highest BCUT2D eigenvalue weighted by atomic mass is 79.9. The van der Waals surface area contributed by atoms with Crippen LogP contribution in [0, 0.1) is 6.92 Å². The number of piperazine rings is 1. The average molecular weight is 457 g/mol. The third kappa shape index (κ3) is 4.82. The van der Waals surface area contributed by atoms with E-state index >= 15 is 0 Å². The summed E-state index contributed by atoms with van der Waals surface area (Å²) in [4.78, 5) is 18.5. The molecule has 0 saturated carbocycles. The van der Waals surface area contributed by atoms with Crippen molar-refractivity contribution in [1.29, 1.82) is 0 Å². The molecule has 8 heteroatoms. The Morgan fingerprint density at radius 3 is 2.59 bits per heavy atom. The number of hydrogen-bond acceptors (Lipinski definition) is 7. The quantitative estimate of drug-likeness (QED) is 0.573. The molecular formula is C21H25BrN6O. The number of hydrogen-bond donors (Lipinski definition) is 0. The first kappa shape index (κ1) is 20.0. The Kier molecular flexibility index (Phi) is 5.91. The second kappa shape index (κ2) is 8.59. The van der Waals surface area contributed by atoms with Gasteiger partial charge in [0, 0.05) is 53.9 Å². The van der Waals surface area contributed by atoms with Gasteiger partial charge in [-0.2, -0.15) is 4.98 Å². The third-order valence-corrected chi connectivity index (χ3v) is 5.47. The second-order valence-electron chi connectivity index (χ2n) is 7.67. The minimum atomic E-state index is 0.326. The van der Waals surface area contributed by atoms with Crippen molar-refractivity contribution in [3.05, 3.63) is 52.2 Å². The van der Waals surface area contributed by atoms with Gasteiger partial charge in [0.2, 0.25) is 11.7 Å². The zero-order chi connectivity index (χ0) is 20.4. The Bertz CT molecular complexity index is 981. The summed E-state index contributed by atoms with van der Waals surface area (Å²) in [5.74, 6) is 3.53. The molecule has 0 unspecified atom stereocenters. The lowest BCUT2D eigenvalue weighted by molar-refractivity contribution is 0.215. The molecule has 1 aromatic carbocycles. The van der Waals surface area contributed by atoms with E-state index in [2.05, 4.69) is 60.8 Å². The van der Waals surface area contributed by atoms with Gasteiger partial charge in [-0.25, -0.2) is 9.97 Å². The Labute approximate surface area is 179 Å². The highest BCUT2D eigenvalue weighted by Gasteiger charge is 2.21. The Morgan fingerprint density at radius 1 is 1.07 bits per heavy atom. The molecule has 1 aliphatic heterocycles. The second-order valence-corrected chi connectivity index (χ2v) is 8.58. The van der Waals surface area contributed by atoms with Gasteiger partial charge in [0.15, 0.2) is 0 Å². The molecule has 0 spiro atoms. The van der Waals surface area contributed by atoms with Crippen LogP contribution in [0.25, 0.3) is 11.4 Å². The van der Waals surface area contributed by atoms with Gasteiger partial charge in [-0.1, -0.05) is 47.1 Å². The van der Waals surface area contributed by atoms with Crippen LogP contribution in [-0.4, -0.2) is 51.2 Å². The van der Waals surface area contributed by atoms with Crippen molar-refractivity contribution in [2.45, 2.75) is 33.2 Å². The number of aromatic nitrogens is 4. The minimum Gasteiger partial charge on any atom is -0.354 e. The van der Waals surface area contributed by atoms with E-state index in [1.54, 1.807) is 0 Å². The lowest BCUT2D eigenvalue weighted by Crippen LogP contribution is -2.46. The molecule has 2 aromatic heterocycles. The van der Waals surface area contributed by atoms with E-state index in [0.29, 0.717) is 24.2 Å². The van der Waals surface area contributed by atoms with Crippen molar-refractivity contribution in [3.63, 3.8) is 0 Å². The molecule has 0 N–H and O–H groups in total. The molecule has 3 aromatic rings. The highest BCUT2D eigenvalue weighted by Crippen LogP contribution is 2.22. The Morgan fingerprint density at radius 2 is 1.86 bits per heavy atom. The topological polar surface area (TPSA) is 71.2 Å². The van der Waals surface area contributed by atoms with Gasteiger partial charge in [-0.15, -0.1) is 0 Å². The van der Waals surface area contributed by atoms with E-state index in [4.69, 9.17) is 9.51 Å². The van der Waals surface area contributed by atoms with Crippen LogP contribution >= 0.6 is 15.9 Å². The zero-order valence-electron chi connectivity index (χ0n) is 17.0. The third-order valence-electron chi connectivity index (χ3n) is 4.98. The first-order valence-corrected chi connectivity index (χ1v) is 10.7. The summed E-state index contributed by atoms with van der Waals surface area (Å²) < 4.78 is 6.48. The summed E-state index contributed by atoms with van der Waals surface area (Å²) in [7, 11) is 0. The van der Waals surface area contributed by atoms with E-state index in [9.17, 15) is 0 Å². The first-order chi connectivity index (χ1) is 14.0. The van der Waals surface area contributed by atoms with Crippen LogP contribution in [0.4, 0.5) is 5.82 Å². The summed E-state index contributed by atoms with van der Waals surface area (Å²) in [6.07, 6.45) is 0. The maximum absolute atomic E-state index is 5.48. The van der Waals surface area contributed by atoms with Gasteiger partial charge >= 0.3 is 0 Å². The van der Waals surface area contributed by atoms with Gasteiger partial charge in [0.1, 0.15) is 11.6 Å². The number of aryl methyl sites for hydroxylation is 1. The molecule has 0 bridgehead atoms. The highest BCUT2D eigenvalue weighted by molar-refractivity contribution is 9.10. The van der Waals surface area contributed by atoms with Crippen LogP contribution in [-0.2, 0) is 6.54 Å². The monoisotopic (exact) mass is 456 g/mol. The first-order valence-electron chi connectivity index (χ1n) is 9.89. The normalized spacial score (nSPS) is 15.3. The van der Waals surface area contributed by atoms with E-state index in [0.717, 1.165) is 53.6 Å². The summed E-state index contributed by atoms with van der Waals surface area (Å²) >= 11 is 3.48. The van der Waals surface area contributed by atoms with Crippen LogP contribution in [0.5, 0.6) is 0 Å². The molecular weight excluding hydrogens is 432 g/mol. The van der Waals surface area contributed by atoms with Gasteiger partial charge in [0.05, 0.1) is 6.54 Å². The Balaban J connectivity index is 1.37. The van der Waals surface area contributed by atoms with Crippen molar-refractivity contribution in [1.82, 2.24) is 25.0 Å². The summed E-state index contributed by atoms with van der Waals surface area (Å²) in [6.45, 7) is 10.6. The fourth-order valence-electron chi connectivity index (χ4n) is 3.38. The van der Waals surface area contributed by atoms with E-state index < -0.39 is 0 Å². The van der Waals surface area contributed by atoms with E-state index in [1.165, 1.54) is 0 Å². The van der Waals surface area contributed by atoms with E-state index in [1.807, 2.05) is 31.2 Å². The Hall–Kier alpha value is -2.32. The van der Waals surface area contributed by atoms with Crippen LogP contribution < -0.4 is 4.90 Å². The lowest BCUT2D eigenvalue weighted by Gasteiger charge is -2.34. The lowest BCUT2D eigenvalue weighted by atomic mass is 10.2. The van der Waals surface area contributed by atoms with Crippen molar-refractivity contribution < 1.29 is 4.52 Å². The maximum Gasteiger partial charge on any atom is 0.241 e. The fourth-order valence-corrected chi connectivity index (χ4v) is 3.78. The van der Waals surface area contributed by atoms with Crippen molar-refractivity contribution >= 4 is 21.7 Å². The van der Waals surface area contributed by atoms with E-state index in [-0.39, 0.29) is 0 Å². The smallest absolute Gasteiger partial charge is 0.241 e. The van der Waals surface area contributed by atoms with Gasteiger partial charge < -0.3 is 9.42 Å². The molecule has 1 aliphatic rings. The minimum absolute atomic E-state index is 0.326. The molecule has 0 aliphatic carbocycles. The van der Waals surface area contributed by atoms with Crippen LogP contribution in [0.1, 0.15) is 37.2 Å². The number of anilines is 1. The molecule has 0 amide bonds. The van der Waals surface area contributed by atoms with Crippen LogP contribution in [0.15, 0.2) is 39.3 Å². The summed E-state index contributed by atoms with van der Waals surface area (Å²) in [5, 5.41) is 4.13. The largest absolute Gasteiger partial charge is 0.354 e. The predicted octanol–water partition coefficient (Wildman–Crippen LogP) is 4.04. The van der Waals surface area contributed by atoms with Crippen molar-refractivity contribution in [2.24, 2.45) is 0 Å². The maximum atomic E-state index is 5.48. The summed E-state index contributed by atoms with van der Waals surface area (Å²) in [5.41, 5.74) is 1.96. The number of halogens is 1. The molecule has 29 heavy (non-hydrogen) atoms. The molecule has 0 atom stereocenters. The molecule has 1 saturated heterocycles. The van der Waals surface area contributed by atoms with Gasteiger partial charge in [0.25, 0.3) is 0 Å². The summed E-state index contributed by atoms with van der Waals surface area (Å²) in [6, 6.07) is 9.99. The van der Waals surface area contributed by atoms with Gasteiger partial charge in [-0.3, -0.25) is 4.90 Å². The number of benzene rings is 1. The molecule has 4 rings (SSSR count). The molecule has 3 heterocycles. The number of rotatable bonds is 5. The van der Waals surface area contributed by atoms with Crippen LogP contribution in [0.2, 0.25) is 0 Å². The SMILES string of the molecule is Cc1cc(N2CCN(Cc3nc(-c4cccc(Br)c4)no3)CC2)nc(C(C)C)n1. The standard InChI is InChI=1S/C21H25BrN6O/c1-14(2)20-23-15(3)11-18(24-20)28-9-7-27(8-10-28)13-19-25-21(26-29-19)16-5-4-6-17(22)12-16/h4-6,11-12,14H,7-10,13H2,1-3H3. The van der Waals surface area contributed by atoms with Crippen molar-refractivity contribution in [3.8, 4) is 11.4 Å².